The molecule has 2 N–H and O–H groups in total. The van der Waals surface area contributed by atoms with Crippen molar-refractivity contribution in [2.24, 2.45) is 0 Å². The molecule has 1 aromatic carbocycles. The van der Waals surface area contributed by atoms with E-state index < -0.39 is 16.4 Å². The molecule has 0 saturated heterocycles. The third kappa shape index (κ3) is 3.46. The minimum atomic E-state index is -0.644. The molecule has 0 unspecified atom stereocenters. The summed E-state index contributed by atoms with van der Waals surface area (Å²) in [5.41, 5.74) is -0.352. The number of nitrogens with zero attached hydrogens (tertiary/aromatic N) is 4. The quantitative estimate of drug-likeness (QED) is 0.478. The van der Waals surface area contributed by atoms with Crippen LogP contribution in [-0.4, -0.2) is 19.9 Å². The maximum absolute atomic E-state index is 13.9. The van der Waals surface area contributed by atoms with Crippen molar-refractivity contribution in [3.8, 4) is 0 Å². The van der Waals surface area contributed by atoms with E-state index in [1.165, 1.54) is 23.5 Å². The van der Waals surface area contributed by atoms with Crippen LogP contribution in [0.1, 0.15) is 0 Å². The van der Waals surface area contributed by atoms with Crippen LogP contribution in [0.3, 0.4) is 0 Å². The van der Waals surface area contributed by atoms with Crippen molar-refractivity contribution < 1.29 is 9.31 Å². The van der Waals surface area contributed by atoms with Gasteiger partial charge in [0.25, 0.3) is 0 Å². The number of hydrogen-bond acceptors (Lipinski definition) is 8. The second-order valence-corrected chi connectivity index (χ2v) is 6.20. The normalized spacial score (nSPS) is 10.4. The molecule has 3 aromatic rings. The zero-order valence-corrected chi connectivity index (χ0v) is 14.1. The van der Waals surface area contributed by atoms with Crippen LogP contribution in [0, 0.1) is 15.9 Å². The third-order valence-electron chi connectivity index (χ3n) is 2.85. The van der Waals surface area contributed by atoms with Crippen LogP contribution in [0.25, 0.3) is 0 Å². The molecule has 0 fully saturated rings. The molecule has 11 heteroatoms. The van der Waals surface area contributed by atoms with Crippen molar-refractivity contribution in [1.82, 2.24) is 15.0 Å². The summed E-state index contributed by atoms with van der Waals surface area (Å²) in [6, 6.07) is 4.29. The molecule has 0 radical (unpaired) electrons. The molecule has 0 amide bonds. The topological polar surface area (TPSA) is 106 Å². The fourth-order valence-corrected chi connectivity index (χ4v) is 2.70. The molecular formula is C13H8BrFN6O2S. The largest absolute Gasteiger partial charge is 0.353 e. The Bertz CT molecular complexity index is 892. The van der Waals surface area contributed by atoms with E-state index in [1.807, 2.05) is 0 Å². The van der Waals surface area contributed by atoms with Crippen molar-refractivity contribution in [2.75, 3.05) is 10.6 Å². The lowest BCUT2D eigenvalue weighted by Gasteiger charge is -2.09. The van der Waals surface area contributed by atoms with Gasteiger partial charge in [-0.25, -0.2) is 19.3 Å². The first kappa shape index (κ1) is 16.2. The molecule has 8 nitrogen and oxygen atoms in total. The number of halogens is 2. The second-order valence-electron chi connectivity index (χ2n) is 4.39. The number of rotatable bonds is 5. The van der Waals surface area contributed by atoms with Gasteiger partial charge in [0.05, 0.1) is 10.6 Å². The summed E-state index contributed by atoms with van der Waals surface area (Å²) in [7, 11) is 0. The number of nitro groups is 1. The molecule has 0 saturated carbocycles. The minimum absolute atomic E-state index is 0.0371. The summed E-state index contributed by atoms with van der Waals surface area (Å²) < 4.78 is 14.5. The van der Waals surface area contributed by atoms with Crippen molar-refractivity contribution in [3.63, 3.8) is 0 Å². The molecule has 0 spiro atoms. The SMILES string of the molecule is O=[N+]([O-])c1c(Nc2nccs2)ncnc1Nc1ccc(Br)cc1F. The summed E-state index contributed by atoms with van der Waals surface area (Å²) >= 11 is 4.41. The maximum atomic E-state index is 13.9. The van der Waals surface area contributed by atoms with E-state index in [0.29, 0.717) is 9.60 Å². The summed E-state index contributed by atoms with van der Waals surface area (Å²) in [4.78, 5) is 22.5. The molecule has 24 heavy (non-hydrogen) atoms. The Hall–Kier alpha value is -2.66. The van der Waals surface area contributed by atoms with Crippen molar-refractivity contribution in [1.29, 1.82) is 0 Å². The monoisotopic (exact) mass is 410 g/mol. The lowest BCUT2D eigenvalue weighted by atomic mass is 10.3. The lowest BCUT2D eigenvalue weighted by molar-refractivity contribution is -0.383. The van der Waals surface area contributed by atoms with Gasteiger partial charge in [0.15, 0.2) is 5.13 Å². The highest BCUT2D eigenvalue weighted by molar-refractivity contribution is 9.10. The van der Waals surface area contributed by atoms with E-state index in [0.717, 1.165) is 6.33 Å². The second kappa shape index (κ2) is 6.84. The number of hydrogen-bond donors (Lipinski definition) is 2. The van der Waals surface area contributed by atoms with Crippen LogP contribution in [0.2, 0.25) is 0 Å². The van der Waals surface area contributed by atoms with E-state index >= 15 is 0 Å². The molecule has 0 aliphatic carbocycles. The number of thiazole rings is 1. The summed E-state index contributed by atoms with van der Waals surface area (Å²) in [6.07, 6.45) is 2.69. The van der Waals surface area contributed by atoms with Crippen LogP contribution in [0.5, 0.6) is 0 Å². The van der Waals surface area contributed by atoms with Gasteiger partial charge >= 0.3 is 5.69 Å². The lowest BCUT2D eigenvalue weighted by Crippen LogP contribution is -2.06. The van der Waals surface area contributed by atoms with Gasteiger partial charge in [0.2, 0.25) is 11.6 Å². The van der Waals surface area contributed by atoms with Crippen LogP contribution in [0.15, 0.2) is 40.6 Å². The first-order valence-corrected chi connectivity index (χ1v) is 8.10. The number of anilines is 4. The molecule has 0 bridgehead atoms. The molecule has 2 aromatic heterocycles. The van der Waals surface area contributed by atoms with E-state index in [2.05, 4.69) is 41.5 Å². The standard InChI is InChI=1S/C13H8BrFN6O2S/c14-7-1-2-9(8(15)5-7)19-11-10(21(22)23)12(18-6-17-11)20-13-16-3-4-24-13/h1-6H,(H2,16,17,18,19,20). The van der Waals surface area contributed by atoms with Gasteiger partial charge in [-0.2, -0.15) is 0 Å². The van der Waals surface area contributed by atoms with Gasteiger partial charge in [-0.05, 0) is 18.2 Å². The van der Waals surface area contributed by atoms with Gasteiger partial charge in [0.1, 0.15) is 12.1 Å². The summed E-state index contributed by atoms with van der Waals surface area (Å²) in [5, 5.41) is 19.0. The highest BCUT2D eigenvalue weighted by Gasteiger charge is 2.24. The fourth-order valence-electron chi connectivity index (χ4n) is 1.84. The zero-order valence-electron chi connectivity index (χ0n) is 11.7. The van der Waals surface area contributed by atoms with E-state index in [4.69, 9.17) is 0 Å². The molecule has 3 rings (SSSR count). The van der Waals surface area contributed by atoms with Crippen molar-refractivity contribution >= 4 is 55.4 Å². The van der Waals surface area contributed by atoms with Crippen LogP contribution >= 0.6 is 27.3 Å². The molecular weight excluding hydrogens is 403 g/mol. The highest BCUT2D eigenvalue weighted by Crippen LogP contribution is 2.34. The van der Waals surface area contributed by atoms with Gasteiger partial charge in [-0.1, -0.05) is 15.9 Å². The Morgan fingerprint density at radius 2 is 1.96 bits per heavy atom. The number of aromatic nitrogens is 3. The molecule has 122 valence electrons. The van der Waals surface area contributed by atoms with Crippen molar-refractivity contribution in [2.45, 2.75) is 0 Å². The first-order chi connectivity index (χ1) is 11.5. The van der Waals surface area contributed by atoms with Gasteiger partial charge in [-0.3, -0.25) is 10.1 Å². The van der Waals surface area contributed by atoms with E-state index in [9.17, 15) is 14.5 Å². The van der Waals surface area contributed by atoms with Crippen LogP contribution < -0.4 is 10.6 Å². The Morgan fingerprint density at radius 3 is 2.58 bits per heavy atom. The van der Waals surface area contributed by atoms with Crippen LogP contribution in [-0.2, 0) is 0 Å². The molecule has 0 aliphatic rings. The summed E-state index contributed by atoms with van der Waals surface area (Å²) in [5.74, 6) is -0.744. The number of nitrogens with one attached hydrogen (secondary N) is 2. The molecule has 0 atom stereocenters. The Balaban J connectivity index is 1.99. The average molecular weight is 411 g/mol. The minimum Gasteiger partial charge on any atom is -0.332 e. The Kier molecular flexibility index (Phi) is 4.62. The molecule has 2 heterocycles. The fraction of sp³-hybridized carbons (Fsp3) is 0. The smallest absolute Gasteiger partial charge is 0.332 e. The first-order valence-electron chi connectivity index (χ1n) is 6.42. The van der Waals surface area contributed by atoms with Crippen molar-refractivity contribution in [3.05, 3.63) is 56.5 Å². The summed E-state index contributed by atoms with van der Waals surface area (Å²) in [6.45, 7) is 0. The Morgan fingerprint density at radius 1 is 1.21 bits per heavy atom. The number of benzene rings is 1. The maximum Gasteiger partial charge on any atom is 0.353 e. The predicted molar refractivity (Wildman–Crippen MR) is 91.5 cm³/mol. The van der Waals surface area contributed by atoms with E-state index in [-0.39, 0.29) is 17.3 Å². The third-order valence-corrected chi connectivity index (χ3v) is 4.03. The Labute approximate surface area is 147 Å². The van der Waals surface area contributed by atoms with Gasteiger partial charge in [-0.15, -0.1) is 11.3 Å². The van der Waals surface area contributed by atoms with Crippen LogP contribution in [0.4, 0.5) is 32.5 Å². The van der Waals surface area contributed by atoms with E-state index in [1.54, 1.807) is 17.6 Å². The molecule has 0 aliphatic heterocycles. The highest BCUT2D eigenvalue weighted by atomic mass is 79.9. The zero-order chi connectivity index (χ0) is 17.1. The van der Waals surface area contributed by atoms with Gasteiger partial charge < -0.3 is 10.6 Å². The predicted octanol–water partition coefficient (Wildman–Crippen LogP) is 4.23. The van der Waals surface area contributed by atoms with Gasteiger partial charge in [0, 0.05) is 16.0 Å². The average Bonchev–Trinajstić information content (AvgIpc) is 3.03.